The average molecular weight is 495 g/mol. The molecule has 0 unspecified atom stereocenters. The van der Waals surface area contributed by atoms with Crippen molar-refractivity contribution in [2.24, 2.45) is 4.99 Å². The van der Waals surface area contributed by atoms with Crippen LogP contribution in [0.3, 0.4) is 0 Å². The second-order valence-corrected chi connectivity index (χ2v) is 9.80. The number of aliphatic imine (C=N–C) groups is 1. The van der Waals surface area contributed by atoms with Gasteiger partial charge in [-0.25, -0.2) is 19.0 Å². The van der Waals surface area contributed by atoms with Gasteiger partial charge in [0.25, 0.3) is 0 Å². The maximum atomic E-state index is 14.1. The zero-order valence-electron chi connectivity index (χ0n) is 20.1. The van der Waals surface area contributed by atoms with Crippen molar-refractivity contribution >= 4 is 29.5 Å². The molecule has 3 aliphatic rings. The van der Waals surface area contributed by atoms with Crippen LogP contribution in [0.4, 0.5) is 25.5 Å². The van der Waals surface area contributed by atoms with E-state index in [-0.39, 0.29) is 23.7 Å². The summed E-state index contributed by atoms with van der Waals surface area (Å²) in [5, 5.41) is 14.1. The van der Waals surface area contributed by atoms with E-state index in [2.05, 4.69) is 20.5 Å². The number of amidine groups is 1. The molecule has 2 aromatic rings. The first kappa shape index (κ1) is 24.2. The van der Waals surface area contributed by atoms with Crippen LogP contribution >= 0.6 is 0 Å². The fourth-order valence-electron chi connectivity index (χ4n) is 5.60. The Morgan fingerprint density at radius 3 is 2.64 bits per heavy atom. The minimum absolute atomic E-state index is 0.209. The van der Waals surface area contributed by atoms with Gasteiger partial charge in [-0.1, -0.05) is 31.4 Å². The van der Waals surface area contributed by atoms with Gasteiger partial charge < -0.3 is 5.11 Å². The molecule has 1 saturated carbocycles. The van der Waals surface area contributed by atoms with Gasteiger partial charge in [0.1, 0.15) is 23.0 Å². The first-order chi connectivity index (χ1) is 17.4. The van der Waals surface area contributed by atoms with Gasteiger partial charge in [0.05, 0.1) is 6.04 Å². The maximum absolute atomic E-state index is 14.1. The number of nitrogens with zero attached hydrogens (tertiary/aromatic N) is 4. The van der Waals surface area contributed by atoms with Crippen LogP contribution in [0.25, 0.3) is 0 Å². The van der Waals surface area contributed by atoms with Crippen molar-refractivity contribution in [3.63, 3.8) is 0 Å². The van der Waals surface area contributed by atoms with Crippen molar-refractivity contribution in [3.8, 4) is 0 Å². The summed E-state index contributed by atoms with van der Waals surface area (Å²) in [4.78, 5) is 37.3. The maximum Gasteiger partial charge on any atom is 0.410 e. The van der Waals surface area contributed by atoms with Crippen molar-refractivity contribution < 1.29 is 19.1 Å². The van der Waals surface area contributed by atoms with Crippen LogP contribution in [0.15, 0.2) is 47.6 Å². The number of anilines is 2. The highest BCUT2D eigenvalue weighted by Crippen LogP contribution is 2.39. The van der Waals surface area contributed by atoms with Gasteiger partial charge in [-0.05, 0) is 55.5 Å². The first-order valence-corrected chi connectivity index (χ1v) is 12.6. The molecule has 1 spiro atoms. The van der Waals surface area contributed by atoms with Crippen LogP contribution in [0.2, 0.25) is 0 Å². The van der Waals surface area contributed by atoms with Crippen molar-refractivity contribution in [2.45, 2.75) is 63.1 Å². The highest BCUT2D eigenvalue weighted by molar-refractivity contribution is 6.19. The molecule has 1 aromatic carbocycles. The average Bonchev–Trinajstić information content (AvgIpc) is 3.12. The Morgan fingerprint density at radius 2 is 1.97 bits per heavy atom. The lowest BCUT2D eigenvalue weighted by Crippen LogP contribution is -2.57. The van der Waals surface area contributed by atoms with E-state index in [9.17, 15) is 14.0 Å². The Labute approximate surface area is 209 Å². The number of hydrogen-bond donors (Lipinski definition) is 3. The van der Waals surface area contributed by atoms with Gasteiger partial charge in [0.15, 0.2) is 0 Å². The van der Waals surface area contributed by atoms with Gasteiger partial charge in [0.2, 0.25) is 0 Å². The third-order valence-corrected chi connectivity index (χ3v) is 7.40. The molecule has 2 aliphatic heterocycles. The summed E-state index contributed by atoms with van der Waals surface area (Å²) in [6, 6.07) is 9.67. The first-order valence-electron chi connectivity index (χ1n) is 12.6. The lowest BCUT2D eigenvalue weighted by molar-refractivity contribution is 0.184. The van der Waals surface area contributed by atoms with Gasteiger partial charge in [-0.3, -0.25) is 25.4 Å². The standard InChI is InChI=1S/C26H31FN6O3/c27-19-5-4-8-21(15-19)33-24(34)31-23(29-20-6-2-1-3-7-20)26(33)11-13-32(14-12-26)17-18-9-10-22(28-16-18)30-25(35)36/h4-5,8-10,15-16,20H,1-3,6-7,11-14,17H2,(H,28,30)(H,35,36)(H,29,31,34). The Bertz CT molecular complexity index is 1140. The number of carboxylic acid groups (broad SMARTS) is 1. The number of nitrogens with one attached hydrogen (secondary N) is 2. The van der Waals surface area contributed by atoms with Crippen LogP contribution in [0, 0.1) is 5.82 Å². The quantitative estimate of drug-likeness (QED) is 0.563. The number of hydrogen-bond acceptors (Lipinski definition) is 5. The number of benzene rings is 1. The van der Waals surface area contributed by atoms with E-state index in [1.807, 2.05) is 6.07 Å². The van der Waals surface area contributed by atoms with Crippen molar-refractivity contribution in [2.75, 3.05) is 23.3 Å². The highest BCUT2D eigenvalue weighted by Gasteiger charge is 2.53. The number of carbonyl (C=O) groups excluding carboxylic acids is 1. The summed E-state index contributed by atoms with van der Waals surface area (Å²) >= 11 is 0. The number of likely N-dealkylation sites (tertiary alicyclic amines) is 1. The van der Waals surface area contributed by atoms with Crippen LogP contribution < -0.4 is 15.5 Å². The fourth-order valence-corrected chi connectivity index (χ4v) is 5.60. The molecule has 0 atom stereocenters. The molecule has 36 heavy (non-hydrogen) atoms. The smallest absolute Gasteiger partial charge is 0.410 e. The monoisotopic (exact) mass is 494 g/mol. The number of amides is 3. The predicted molar refractivity (Wildman–Crippen MR) is 135 cm³/mol. The van der Waals surface area contributed by atoms with E-state index >= 15 is 0 Å². The van der Waals surface area contributed by atoms with E-state index in [0.717, 1.165) is 44.3 Å². The molecular formula is C26H31FN6O3. The summed E-state index contributed by atoms with van der Waals surface area (Å²) in [5.41, 5.74) is 0.882. The molecule has 10 heteroatoms. The third kappa shape index (κ3) is 5.04. The number of aromatic nitrogens is 1. The molecule has 3 amide bonds. The normalized spacial score (nSPS) is 21.6. The van der Waals surface area contributed by atoms with Gasteiger partial charge in [0, 0.05) is 31.5 Å². The third-order valence-electron chi connectivity index (χ3n) is 7.40. The number of halogens is 1. The number of pyridine rings is 1. The number of urea groups is 1. The minimum atomic E-state index is -1.15. The molecule has 3 fully saturated rings. The van der Waals surface area contributed by atoms with E-state index in [4.69, 9.17) is 10.1 Å². The summed E-state index contributed by atoms with van der Waals surface area (Å²) in [7, 11) is 0. The largest absolute Gasteiger partial charge is 0.465 e. The summed E-state index contributed by atoms with van der Waals surface area (Å²) in [6.45, 7) is 2.10. The van der Waals surface area contributed by atoms with Gasteiger partial charge >= 0.3 is 12.1 Å². The zero-order valence-corrected chi connectivity index (χ0v) is 20.1. The summed E-state index contributed by atoms with van der Waals surface area (Å²) < 4.78 is 14.1. The van der Waals surface area contributed by atoms with Crippen molar-refractivity contribution in [1.29, 1.82) is 0 Å². The molecule has 1 aromatic heterocycles. The number of piperidine rings is 1. The molecular weight excluding hydrogens is 463 g/mol. The Hall–Kier alpha value is -3.53. The molecule has 5 rings (SSSR count). The van der Waals surface area contributed by atoms with Crippen LogP contribution in [0.1, 0.15) is 50.5 Å². The molecule has 0 radical (unpaired) electrons. The molecule has 1 aliphatic carbocycles. The van der Waals surface area contributed by atoms with Crippen LogP contribution in [0.5, 0.6) is 0 Å². The van der Waals surface area contributed by atoms with E-state index in [0.29, 0.717) is 30.9 Å². The Morgan fingerprint density at radius 1 is 1.19 bits per heavy atom. The van der Waals surface area contributed by atoms with Crippen molar-refractivity contribution in [3.05, 3.63) is 54.0 Å². The van der Waals surface area contributed by atoms with E-state index in [1.54, 1.807) is 29.3 Å². The summed E-state index contributed by atoms with van der Waals surface area (Å²) in [5.74, 6) is 0.627. The SMILES string of the molecule is O=C(O)Nc1ccc(CN2CCC3(CC2)C(=NC2CCCCC2)NC(=O)N3c2cccc(F)c2)cn1. The molecule has 3 heterocycles. The fraction of sp³-hybridized carbons (Fsp3) is 0.462. The number of carbonyl (C=O) groups is 2. The van der Waals surface area contributed by atoms with E-state index in [1.165, 1.54) is 18.6 Å². The second kappa shape index (κ2) is 10.2. The molecule has 0 bridgehead atoms. The second-order valence-electron chi connectivity index (χ2n) is 9.80. The molecule has 2 saturated heterocycles. The van der Waals surface area contributed by atoms with Gasteiger partial charge in [-0.2, -0.15) is 0 Å². The number of rotatable bonds is 5. The van der Waals surface area contributed by atoms with Gasteiger partial charge in [-0.15, -0.1) is 0 Å². The highest BCUT2D eigenvalue weighted by atomic mass is 19.1. The van der Waals surface area contributed by atoms with Crippen LogP contribution in [-0.2, 0) is 6.54 Å². The van der Waals surface area contributed by atoms with Crippen molar-refractivity contribution in [1.82, 2.24) is 15.2 Å². The van der Waals surface area contributed by atoms with Crippen LogP contribution in [-0.4, -0.2) is 57.6 Å². The zero-order chi connectivity index (χ0) is 25.1. The van der Waals surface area contributed by atoms with E-state index < -0.39 is 11.6 Å². The Balaban J connectivity index is 1.36. The lowest BCUT2D eigenvalue weighted by Gasteiger charge is -2.43. The molecule has 3 N–H and O–H groups in total. The minimum Gasteiger partial charge on any atom is -0.465 e. The molecule has 190 valence electrons. The Kier molecular flexibility index (Phi) is 6.86. The topological polar surface area (TPSA) is 110 Å². The lowest BCUT2D eigenvalue weighted by atomic mass is 9.84. The predicted octanol–water partition coefficient (Wildman–Crippen LogP) is 4.61. The molecule has 9 nitrogen and oxygen atoms in total. The summed E-state index contributed by atoms with van der Waals surface area (Å²) in [6.07, 6.45) is 7.45.